The molecular weight excluding hydrogens is 269 g/mol. The Morgan fingerprint density at radius 2 is 2.38 bits per heavy atom. The number of rotatable bonds is 2. The van der Waals surface area contributed by atoms with Crippen LogP contribution in [0, 0.1) is 0 Å². The first kappa shape index (κ1) is 15.6. The van der Waals surface area contributed by atoms with Gasteiger partial charge in [-0.3, -0.25) is 4.79 Å². The second kappa shape index (κ2) is 7.06. The van der Waals surface area contributed by atoms with Crippen LogP contribution in [-0.2, 0) is 0 Å². The van der Waals surface area contributed by atoms with Crippen LogP contribution < -0.4 is 5.73 Å². The van der Waals surface area contributed by atoms with Crippen LogP contribution in [-0.4, -0.2) is 34.9 Å². The van der Waals surface area contributed by atoms with Crippen LogP contribution >= 0.6 is 36.2 Å². The maximum Gasteiger partial charge on any atom is 0.273 e. The molecule has 2 heterocycles. The number of halogens is 2. The molecule has 0 bridgehead atoms. The number of carbonyl (C=O) groups excluding carboxylic acids is 1. The number of amides is 1. The molecule has 1 saturated heterocycles. The van der Waals surface area contributed by atoms with Gasteiger partial charge >= 0.3 is 0 Å². The van der Waals surface area contributed by atoms with E-state index in [1.165, 1.54) is 11.3 Å². The molecule has 4 nitrogen and oxygen atoms in total. The molecule has 0 spiro atoms. The maximum atomic E-state index is 11.9. The molecule has 1 unspecified atom stereocenters. The lowest BCUT2D eigenvalue weighted by molar-refractivity contribution is 0.0736. The van der Waals surface area contributed by atoms with Crippen molar-refractivity contribution in [1.29, 1.82) is 0 Å². The van der Waals surface area contributed by atoms with Crippen LogP contribution in [0.5, 0.6) is 0 Å². The van der Waals surface area contributed by atoms with Crippen molar-refractivity contribution in [3.05, 3.63) is 16.6 Å². The first-order valence-corrected chi connectivity index (χ1v) is 5.66. The number of hydrogen-bond donors (Lipinski definition) is 1. The van der Waals surface area contributed by atoms with Gasteiger partial charge in [0.1, 0.15) is 5.69 Å². The molecule has 1 amide bonds. The van der Waals surface area contributed by atoms with E-state index < -0.39 is 0 Å². The van der Waals surface area contributed by atoms with Gasteiger partial charge in [0.05, 0.1) is 5.51 Å². The Hall–Kier alpha value is -0.360. The predicted octanol–water partition coefficient (Wildman–Crippen LogP) is 1.55. The first-order valence-electron chi connectivity index (χ1n) is 4.72. The Bertz CT molecular complexity index is 321. The van der Waals surface area contributed by atoms with E-state index in [1.54, 1.807) is 10.9 Å². The van der Waals surface area contributed by atoms with E-state index in [2.05, 4.69) is 4.98 Å². The van der Waals surface area contributed by atoms with Gasteiger partial charge in [-0.1, -0.05) is 0 Å². The molecule has 92 valence electrons. The van der Waals surface area contributed by atoms with Gasteiger partial charge in [0.25, 0.3) is 5.91 Å². The zero-order chi connectivity index (χ0) is 9.97. The van der Waals surface area contributed by atoms with Gasteiger partial charge in [0.2, 0.25) is 0 Å². The highest BCUT2D eigenvalue weighted by atomic mass is 35.5. The SMILES string of the molecule is Cl.Cl.NCC1CCCN1C(=O)c1cscn1. The number of hydrogen-bond acceptors (Lipinski definition) is 4. The predicted molar refractivity (Wildman–Crippen MR) is 69.7 cm³/mol. The first-order chi connectivity index (χ1) is 6.83. The number of carbonyl (C=O) groups is 1. The highest BCUT2D eigenvalue weighted by Crippen LogP contribution is 2.19. The second-order valence-corrected chi connectivity index (χ2v) is 4.12. The summed E-state index contributed by atoms with van der Waals surface area (Å²) in [7, 11) is 0. The topological polar surface area (TPSA) is 59.2 Å². The Labute approximate surface area is 111 Å². The van der Waals surface area contributed by atoms with E-state index in [0.717, 1.165) is 19.4 Å². The van der Waals surface area contributed by atoms with Gasteiger partial charge in [-0.05, 0) is 12.8 Å². The summed E-state index contributed by atoms with van der Waals surface area (Å²) in [5, 5.41) is 1.79. The minimum atomic E-state index is 0. The van der Waals surface area contributed by atoms with Gasteiger partial charge in [0.15, 0.2) is 0 Å². The Kier molecular flexibility index (Phi) is 6.90. The van der Waals surface area contributed by atoms with E-state index in [9.17, 15) is 4.79 Å². The van der Waals surface area contributed by atoms with Crippen molar-refractivity contribution in [2.24, 2.45) is 5.73 Å². The van der Waals surface area contributed by atoms with Crippen LogP contribution in [0.4, 0.5) is 0 Å². The molecule has 1 aliphatic heterocycles. The van der Waals surface area contributed by atoms with Crippen molar-refractivity contribution >= 4 is 42.1 Å². The average Bonchev–Trinajstić information content (AvgIpc) is 2.87. The third-order valence-electron chi connectivity index (χ3n) is 2.56. The fraction of sp³-hybridized carbons (Fsp3) is 0.556. The third-order valence-corrected chi connectivity index (χ3v) is 3.15. The van der Waals surface area contributed by atoms with E-state index >= 15 is 0 Å². The summed E-state index contributed by atoms with van der Waals surface area (Å²) in [6.07, 6.45) is 2.07. The van der Waals surface area contributed by atoms with Crippen LogP contribution in [0.3, 0.4) is 0 Å². The smallest absolute Gasteiger partial charge is 0.273 e. The lowest BCUT2D eigenvalue weighted by atomic mass is 10.2. The number of likely N-dealkylation sites (tertiary alicyclic amines) is 1. The standard InChI is InChI=1S/C9H13N3OS.2ClH/c10-4-7-2-1-3-12(7)9(13)8-5-14-6-11-8;;/h5-7H,1-4,10H2;2*1H. The van der Waals surface area contributed by atoms with E-state index in [1.807, 2.05) is 4.90 Å². The fourth-order valence-corrected chi connectivity index (χ4v) is 2.34. The molecule has 1 aromatic rings. The number of aromatic nitrogens is 1. The summed E-state index contributed by atoms with van der Waals surface area (Å²) in [6, 6.07) is 0.212. The van der Waals surface area contributed by atoms with Crippen molar-refractivity contribution in [2.45, 2.75) is 18.9 Å². The summed E-state index contributed by atoms with van der Waals surface area (Å²) in [6.45, 7) is 1.37. The zero-order valence-electron chi connectivity index (χ0n) is 8.67. The van der Waals surface area contributed by atoms with Crippen molar-refractivity contribution in [3.8, 4) is 0 Å². The molecule has 0 aromatic carbocycles. The van der Waals surface area contributed by atoms with Gasteiger partial charge in [0, 0.05) is 24.5 Å². The molecule has 0 aliphatic carbocycles. The molecule has 2 rings (SSSR count). The minimum absolute atomic E-state index is 0. The van der Waals surface area contributed by atoms with E-state index in [4.69, 9.17) is 5.73 Å². The lowest BCUT2D eigenvalue weighted by Crippen LogP contribution is -2.40. The molecule has 16 heavy (non-hydrogen) atoms. The van der Waals surface area contributed by atoms with Crippen molar-refractivity contribution in [2.75, 3.05) is 13.1 Å². The molecule has 2 N–H and O–H groups in total. The van der Waals surface area contributed by atoms with Crippen LogP contribution in [0.2, 0.25) is 0 Å². The summed E-state index contributed by atoms with van der Waals surface area (Å²) in [5.41, 5.74) is 7.84. The lowest BCUT2D eigenvalue weighted by Gasteiger charge is -2.22. The average molecular weight is 284 g/mol. The maximum absolute atomic E-state index is 11.9. The summed E-state index contributed by atoms with van der Waals surface area (Å²) in [5.74, 6) is 0.0270. The summed E-state index contributed by atoms with van der Waals surface area (Å²) < 4.78 is 0. The second-order valence-electron chi connectivity index (χ2n) is 3.40. The van der Waals surface area contributed by atoms with Crippen molar-refractivity contribution in [3.63, 3.8) is 0 Å². The highest BCUT2D eigenvalue weighted by Gasteiger charge is 2.28. The minimum Gasteiger partial charge on any atom is -0.333 e. The third kappa shape index (κ3) is 3.07. The largest absolute Gasteiger partial charge is 0.333 e. The Morgan fingerprint density at radius 3 is 2.94 bits per heavy atom. The number of nitrogens with zero attached hydrogens (tertiary/aromatic N) is 2. The molecule has 0 saturated carbocycles. The summed E-state index contributed by atoms with van der Waals surface area (Å²) in [4.78, 5) is 17.8. The zero-order valence-corrected chi connectivity index (χ0v) is 11.1. The van der Waals surface area contributed by atoms with Crippen molar-refractivity contribution in [1.82, 2.24) is 9.88 Å². The molecule has 1 fully saturated rings. The molecule has 0 radical (unpaired) electrons. The van der Waals surface area contributed by atoms with Gasteiger partial charge in [-0.25, -0.2) is 4.98 Å². The van der Waals surface area contributed by atoms with Crippen LogP contribution in [0.15, 0.2) is 10.9 Å². The number of thiazole rings is 1. The summed E-state index contributed by atoms with van der Waals surface area (Å²) >= 11 is 1.45. The molecule has 1 atom stereocenters. The Balaban J connectivity index is 0.00000112. The highest BCUT2D eigenvalue weighted by molar-refractivity contribution is 7.07. The van der Waals surface area contributed by atoms with Gasteiger partial charge in [-0.15, -0.1) is 36.2 Å². The van der Waals surface area contributed by atoms with Gasteiger partial charge < -0.3 is 10.6 Å². The fourth-order valence-electron chi connectivity index (χ4n) is 1.81. The Morgan fingerprint density at radius 1 is 1.62 bits per heavy atom. The van der Waals surface area contributed by atoms with Gasteiger partial charge in [-0.2, -0.15) is 0 Å². The molecule has 1 aliphatic rings. The van der Waals surface area contributed by atoms with Crippen LogP contribution in [0.25, 0.3) is 0 Å². The van der Waals surface area contributed by atoms with E-state index in [-0.39, 0.29) is 36.8 Å². The van der Waals surface area contributed by atoms with Crippen LogP contribution in [0.1, 0.15) is 23.3 Å². The van der Waals surface area contributed by atoms with E-state index in [0.29, 0.717) is 12.2 Å². The molecule has 1 aromatic heterocycles. The number of nitrogens with two attached hydrogens (primary N) is 1. The normalized spacial score (nSPS) is 18.8. The quantitative estimate of drug-likeness (QED) is 0.896. The monoisotopic (exact) mass is 283 g/mol. The molecule has 7 heteroatoms. The van der Waals surface area contributed by atoms with Crippen molar-refractivity contribution < 1.29 is 4.79 Å². The molecular formula is C9H15Cl2N3OS.